The maximum Gasteiger partial charge on any atom is 0.417 e. The topological polar surface area (TPSA) is 120 Å². The number of benzene rings is 3. The van der Waals surface area contributed by atoms with Gasteiger partial charge in [0.2, 0.25) is 11.8 Å². The van der Waals surface area contributed by atoms with Crippen LogP contribution in [0, 0.1) is 29.5 Å². The molecule has 15 heteroatoms. The van der Waals surface area contributed by atoms with Gasteiger partial charge in [-0.1, -0.05) is 77.3 Å². The summed E-state index contributed by atoms with van der Waals surface area (Å²) in [6.45, 7) is 0. The Hall–Kier alpha value is -5.27. The number of aromatic nitrogens is 1. The Morgan fingerprint density at radius 2 is 1.60 bits per heavy atom. The van der Waals surface area contributed by atoms with E-state index in [9.17, 15) is 32.7 Å². The minimum atomic E-state index is -4.78. The third kappa shape index (κ3) is 5.15. The number of phenols is 1. The van der Waals surface area contributed by atoms with Crippen molar-refractivity contribution < 1.29 is 41.8 Å². The lowest BCUT2D eigenvalue weighted by Gasteiger charge is -2.50. The largest absolute Gasteiger partial charge is 0.505 e. The van der Waals surface area contributed by atoms with Crippen LogP contribution in [0.2, 0.25) is 10.0 Å². The number of fused-ring (bicyclic) bond motifs is 4. The predicted molar refractivity (Wildman–Crippen MR) is 184 cm³/mol. The first-order chi connectivity index (χ1) is 25.2. The first-order valence-corrected chi connectivity index (χ1v) is 17.2. The number of hydrogen-bond acceptors (Lipinski definition) is 7. The molecule has 4 aliphatic rings. The van der Waals surface area contributed by atoms with Crippen molar-refractivity contribution in [3.05, 3.63) is 129 Å². The van der Waals surface area contributed by atoms with Crippen LogP contribution in [0.4, 0.5) is 29.1 Å². The van der Waals surface area contributed by atoms with Crippen molar-refractivity contribution in [2.45, 2.75) is 30.4 Å². The zero-order chi connectivity index (χ0) is 37.6. The maximum atomic E-state index is 15.3. The van der Waals surface area contributed by atoms with Crippen LogP contribution in [-0.4, -0.2) is 38.7 Å². The SMILES string of the molecule is O=C1C2CC3C(=CCC4C(=O)N(c5ccccc5)C(=O)C43)C(c3cccc(F)c3O)C2(c2ccc(Cl)cc2)C(=O)N1Nc1ncc(C(F)(F)F)cc1Cl. The summed E-state index contributed by atoms with van der Waals surface area (Å²) in [5.74, 6) is -10.1. The van der Waals surface area contributed by atoms with E-state index in [1.165, 1.54) is 36.4 Å². The average molecular weight is 766 g/mol. The molecule has 270 valence electrons. The van der Waals surface area contributed by atoms with Crippen LogP contribution >= 0.6 is 23.2 Å². The number of carbonyl (C=O) groups is 4. The quantitative estimate of drug-likeness (QED) is 0.123. The van der Waals surface area contributed by atoms with Gasteiger partial charge in [0.1, 0.15) is 0 Å². The molecule has 2 N–H and O–H groups in total. The van der Waals surface area contributed by atoms with E-state index in [-0.39, 0.29) is 24.0 Å². The number of para-hydroxylation sites is 2. The van der Waals surface area contributed by atoms with Gasteiger partial charge in [-0.05, 0) is 60.7 Å². The molecule has 4 aromatic rings. The Bertz CT molecular complexity index is 2250. The summed E-state index contributed by atoms with van der Waals surface area (Å²) < 4.78 is 55.6. The van der Waals surface area contributed by atoms with Gasteiger partial charge in [0.25, 0.3) is 11.8 Å². The Morgan fingerprint density at radius 1 is 0.887 bits per heavy atom. The number of hydrogen-bond donors (Lipinski definition) is 2. The highest BCUT2D eigenvalue weighted by atomic mass is 35.5. The number of carbonyl (C=O) groups excluding carboxylic acids is 4. The summed E-state index contributed by atoms with van der Waals surface area (Å²) in [6, 6.07) is 18.8. The number of allylic oxidation sites excluding steroid dienone is 2. The van der Waals surface area contributed by atoms with E-state index in [0.29, 0.717) is 33.6 Å². The number of amides is 4. The van der Waals surface area contributed by atoms with Crippen molar-refractivity contribution in [3.63, 3.8) is 0 Å². The van der Waals surface area contributed by atoms with E-state index in [4.69, 9.17) is 23.2 Å². The predicted octanol–water partition coefficient (Wildman–Crippen LogP) is 7.44. The van der Waals surface area contributed by atoms with E-state index >= 15 is 9.18 Å². The zero-order valence-electron chi connectivity index (χ0n) is 27.2. The molecule has 0 radical (unpaired) electrons. The lowest BCUT2D eigenvalue weighted by atomic mass is 9.49. The van der Waals surface area contributed by atoms with Crippen LogP contribution in [-0.2, 0) is 30.8 Å². The number of anilines is 2. The molecule has 2 saturated heterocycles. The molecule has 0 spiro atoms. The summed E-state index contributed by atoms with van der Waals surface area (Å²) in [7, 11) is 0. The molecule has 3 fully saturated rings. The fourth-order valence-corrected chi connectivity index (χ4v) is 9.06. The highest BCUT2D eigenvalue weighted by Crippen LogP contribution is 2.65. The smallest absolute Gasteiger partial charge is 0.417 e. The molecule has 1 saturated carbocycles. The fourth-order valence-electron chi connectivity index (χ4n) is 8.72. The minimum Gasteiger partial charge on any atom is -0.505 e. The second kappa shape index (κ2) is 12.4. The number of imide groups is 2. The molecular weight excluding hydrogens is 739 g/mol. The van der Waals surface area contributed by atoms with Crippen LogP contribution in [0.5, 0.6) is 5.75 Å². The molecule has 53 heavy (non-hydrogen) atoms. The van der Waals surface area contributed by atoms with Crippen molar-refractivity contribution in [1.29, 1.82) is 0 Å². The molecule has 1 aromatic heterocycles. The van der Waals surface area contributed by atoms with Crippen molar-refractivity contribution in [2.75, 3.05) is 10.3 Å². The number of aromatic hydroxyl groups is 1. The van der Waals surface area contributed by atoms with Crippen molar-refractivity contribution in [2.24, 2.45) is 23.7 Å². The number of nitrogens with one attached hydrogen (secondary N) is 1. The molecule has 8 rings (SSSR count). The third-order valence-corrected chi connectivity index (χ3v) is 11.4. The van der Waals surface area contributed by atoms with Crippen LogP contribution in [0.1, 0.15) is 35.4 Å². The second-order valence-electron chi connectivity index (χ2n) is 13.4. The van der Waals surface area contributed by atoms with Gasteiger partial charge in [-0.2, -0.15) is 18.2 Å². The first kappa shape index (κ1) is 34.8. The molecule has 0 bridgehead atoms. The van der Waals surface area contributed by atoms with Crippen molar-refractivity contribution >= 4 is 58.3 Å². The number of pyridine rings is 1. The molecule has 6 atom stereocenters. The van der Waals surface area contributed by atoms with Crippen LogP contribution in [0.15, 0.2) is 96.7 Å². The summed E-state index contributed by atoms with van der Waals surface area (Å²) in [4.78, 5) is 62.9. The number of phenolic OH excluding ortho intramolecular Hbond substituents is 1. The Kier molecular flexibility index (Phi) is 8.15. The van der Waals surface area contributed by atoms with Crippen molar-refractivity contribution in [3.8, 4) is 5.75 Å². The van der Waals surface area contributed by atoms with Gasteiger partial charge >= 0.3 is 6.18 Å². The number of rotatable bonds is 5. The van der Waals surface area contributed by atoms with Crippen LogP contribution < -0.4 is 10.3 Å². The Labute approximate surface area is 308 Å². The highest BCUT2D eigenvalue weighted by Gasteiger charge is 2.70. The lowest BCUT2D eigenvalue weighted by Crippen LogP contribution is -2.53. The Balaban J connectivity index is 1.32. The summed E-state index contributed by atoms with van der Waals surface area (Å²) in [5, 5.41) is 11.7. The van der Waals surface area contributed by atoms with E-state index in [2.05, 4.69) is 10.4 Å². The molecule has 2 aliphatic carbocycles. The van der Waals surface area contributed by atoms with Gasteiger partial charge in [-0.15, -0.1) is 0 Å². The van der Waals surface area contributed by atoms with E-state index in [0.717, 1.165) is 11.0 Å². The van der Waals surface area contributed by atoms with E-state index in [1.807, 2.05) is 0 Å². The van der Waals surface area contributed by atoms with Crippen LogP contribution in [0.3, 0.4) is 0 Å². The van der Waals surface area contributed by atoms with E-state index < -0.39 is 92.8 Å². The van der Waals surface area contributed by atoms with Gasteiger partial charge in [0, 0.05) is 22.7 Å². The molecule has 9 nitrogen and oxygen atoms in total. The van der Waals surface area contributed by atoms with Crippen molar-refractivity contribution in [1.82, 2.24) is 9.99 Å². The number of hydrazine groups is 1. The second-order valence-corrected chi connectivity index (χ2v) is 14.3. The molecule has 3 aromatic carbocycles. The lowest BCUT2D eigenvalue weighted by molar-refractivity contribution is -0.139. The molecule has 3 heterocycles. The standard InChI is InChI=1S/C38H26Cl2F4N4O5/c39-20-11-9-18(10-12-20)37-26(34(51)48(36(37)53)46-32-27(40)15-19(17-45-32)38(42,43)44)16-25-22(30(37)24-7-4-8-28(41)31(24)49)13-14-23-29(25)35(52)47(33(23)50)21-5-2-1-3-6-21/h1-13,15,17,23,25-26,29-30,49H,14,16H2,(H,45,46). The van der Waals surface area contributed by atoms with Gasteiger partial charge in [0.05, 0.1) is 39.4 Å². The minimum absolute atomic E-state index is 0.0512. The first-order valence-electron chi connectivity index (χ1n) is 16.5. The zero-order valence-corrected chi connectivity index (χ0v) is 28.7. The molecule has 2 aliphatic heterocycles. The summed E-state index contributed by atoms with van der Waals surface area (Å²) >= 11 is 12.5. The number of alkyl halides is 3. The average Bonchev–Trinajstić information content (AvgIpc) is 3.51. The molecular formula is C38H26Cl2F4N4O5. The Morgan fingerprint density at radius 3 is 2.28 bits per heavy atom. The third-order valence-electron chi connectivity index (χ3n) is 10.9. The van der Waals surface area contributed by atoms with E-state index in [1.54, 1.807) is 36.4 Å². The van der Waals surface area contributed by atoms with Gasteiger partial charge in [-0.3, -0.25) is 29.5 Å². The monoisotopic (exact) mass is 764 g/mol. The van der Waals surface area contributed by atoms with Gasteiger partial charge < -0.3 is 5.11 Å². The fraction of sp³-hybridized carbons (Fsp3) is 0.237. The molecule has 4 amide bonds. The van der Waals surface area contributed by atoms with Gasteiger partial charge in [0.15, 0.2) is 17.4 Å². The summed E-state index contributed by atoms with van der Waals surface area (Å²) in [5.41, 5.74) is 0.463. The maximum absolute atomic E-state index is 15.3. The summed E-state index contributed by atoms with van der Waals surface area (Å²) in [6.07, 6.45) is -2.61. The van der Waals surface area contributed by atoms with Gasteiger partial charge in [-0.25, -0.2) is 9.37 Å². The number of halogens is 6. The normalized spacial score (nSPS) is 26.7. The number of nitrogens with zero attached hydrogens (tertiary/aromatic N) is 3. The molecule has 6 unspecified atom stereocenters. The highest BCUT2D eigenvalue weighted by molar-refractivity contribution is 6.33. The van der Waals surface area contributed by atoms with Crippen LogP contribution in [0.25, 0.3) is 0 Å².